The first-order valence-corrected chi connectivity index (χ1v) is 5.59. The summed E-state index contributed by atoms with van der Waals surface area (Å²) in [5.74, 6) is 0. The average Bonchev–Trinajstić information content (AvgIpc) is 2.92. The summed E-state index contributed by atoms with van der Waals surface area (Å²) in [6.45, 7) is 0.229. The fraction of sp³-hybridized carbons (Fsp3) is 0.182. The zero-order chi connectivity index (χ0) is 14.3. The lowest BCUT2D eigenvalue weighted by molar-refractivity contribution is -0.141. The number of alkyl halides is 3. The van der Waals surface area contributed by atoms with Gasteiger partial charge in [0.05, 0.1) is 6.54 Å². The Morgan fingerprint density at radius 2 is 2.05 bits per heavy atom. The Labute approximate surface area is 109 Å². The van der Waals surface area contributed by atoms with E-state index in [1.165, 1.54) is 16.9 Å². The minimum Gasteiger partial charge on any atom is -0.279 e. The molecule has 0 aliphatic rings. The molecule has 0 saturated carbocycles. The highest BCUT2D eigenvalue weighted by Gasteiger charge is 2.31. The van der Waals surface area contributed by atoms with Crippen molar-refractivity contribution in [2.24, 2.45) is 0 Å². The van der Waals surface area contributed by atoms with Gasteiger partial charge in [-0.3, -0.25) is 24.7 Å². The molecule has 6 nitrogen and oxygen atoms in total. The molecule has 0 unspecified atom stereocenters. The molecule has 3 heterocycles. The first kappa shape index (κ1) is 12.5. The van der Waals surface area contributed by atoms with Gasteiger partial charge in [-0.25, -0.2) is 0 Å². The SMILES string of the molecule is O=c1[nH][nH]c2nn(Cc3ccc(C(F)(F)F)nc3)cc12. The van der Waals surface area contributed by atoms with Gasteiger partial charge in [-0.2, -0.15) is 18.3 Å². The summed E-state index contributed by atoms with van der Waals surface area (Å²) in [7, 11) is 0. The highest BCUT2D eigenvalue weighted by molar-refractivity contribution is 5.72. The second kappa shape index (κ2) is 4.22. The maximum Gasteiger partial charge on any atom is 0.433 e. The van der Waals surface area contributed by atoms with Crippen molar-refractivity contribution in [2.45, 2.75) is 12.7 Å². The highest BCUT2D eigenvalue weighted by Crippen LogP contribution is 2.27. The Morgan fingerprint density at radius 1 is 1.25 bits per heavy atom. The fourth-order valence-electron chi connectivity index (χ4n) is 1.82. The van der Waals surface area contributed by atoms with Gasteiger partial charge >= 0.3 is 6.18 Å². The van der Waals surface area contributed by atoms with Crippen molar-refractivity contribution >= 4 is 11.0 Å². The quantitative estimate of drug-likeness (QED) is 0.748. The van der Waals surface area contributed by atoms with Gasteiger partial charge in [-0.05, 0) is 11.6 Å². The molecule has 0 aliphatic carbocycles. The van der Waals surface area contributed by atoms with E-state index in [9.17, 15) is 18.0 Å². The monoisotopic (exact) mass is 283 g/mol. The number of aromatic amines is 2. The Bertz CT molecular complexity index is 796. The van der Waals surface area contributed by atoms with Crippen molar-refractivity contribution in [3.63, 3.8) is 0 Å². The van der Waals surface area contributed by atoms with Crippen molar-refractivity contribution in [1.82, 2.24) is 25.0 Å². The van der Waals surface area contributed by atoms with Crippen molar-refractivity contribution in [2.75, 3.05) is 0 Å². The maximum atomic E-state index is 12.4. The summed E-state index contributed by atoms with van der Waals surface area (Å²) in [6.07, 6.45) is -1.79. The van der Waals surface area contributed by atoms with E-state index >= 15 is 0 Å². The summed E-state index contributed by atoms with van der Waals surface area (Å²) < 4.78 is 38.6. The predicted octanol–water partition coefficient (Wildman–Crippen LogP) is 1.51. The van der Waals surface area contributed by atoms with Crippen LogP contribution in [0, 0.1) is 0 Å². The molecule has 0 amide bonds. The van der Waals surface area contributed by atoms with Crippen LogP contribution in [0.1, 0.15) is 11.3 Å². The molecule has 3 aromatic heterocycles. The van der Waals surface area contributed by atoms with Crippen molar-refractivity contribution in [1.29, 1.82) is 0 Å². The first-order chi connectivity index (χ1) is 9.43. The smallest absolute Gasteiger partial charge is 0.279 e. The number of hydrogen-bond acceptors (Lipinski definition) is 3. The fourth-order valence-corrected chi connectivity index (χ4v) is 1.82. The summed E-state index contributed by atoms with van der Waals surface area (Å²) in [6, 6.07) is 2.24. The lowest BCUT2D eigenvalue weighted by Crippen LogP contribution is -2.09. The van der Waals surface area contributed by atoms with Crippen LogP contribution in [-0.2, 0) is 12.7 Å². The van der Waals surface area contributed by atoms with Gasteiger partial charge in [0.2, 0.25) is 0 Å². The number of halogens is 3. The molecular formula is C11H8F3N5O. The van der Waals surface area contributed by atoms with Crippen LogP contribution in [0.2, 0.25) is 0 Å². The molecule has 0 aromatic carbocycles. The molecule has 20 heavy (non-hydrogen) atoms. The molecule has 0 saturated heterocycles. The number of hydrogen-bond donors (Lipinski definition) is 2. The minimum absolute atomic E-state index is 0.229. The molecule has 2 N–H and O–H groups in total. The molecule has 104 valence electrons. The molecule has 3 aromatic rings. The van der Waals surface area contributed by atoms with E-state index < -0.39 is 11.9 Å². The van der Waals surface area contributed by atoms with Gasteiger partial charge in [0.25, 0.3) is 5.56 Å². The van der Waals surface area contributed by atoms with E-state index in [2.05, 4.69) is 20.3 Å². The minimum atomic E-state index is -4.45. The summed E-state index contributed by atoms with van der Waals surface area (Å²) in [5.41, 5.74) is -0.281. The summed E-state index contributed by atoms with van der Waals surface area (Å²) in [4.78, 5) is 14.7. The molecule has 9 heteroatoms. The van der Waals surface area contributed by atoms with Crippen LogP contribution in [0.3, 0.4) is 0 Å². The van der Waals surface area contributed by atoms with Crippen LogP contribution < -0.4 is 5.56 Å². The zero-order valence-electron chi connectivity index (χ0n) is 9.90. The van der Waals surface area contributed by atoms with Gasteiger partial charge in [-0.15, -0.1) is 0 Å². The second-order valence-electron chi connectivity index (χ2n) is 4.22. The van der Waals surface area contributed by atoms with Gasteiger partial charge in [0.1, 0.15) is 11.1 Å². The predicted molar refractivity (Wildman–Crippen MR) is 63.0 cm³/mol. The Hall–Kier alpha value is -2.58. The Kier molecular flexibility index (Phi) is 2.63. The maximum absolute atomic E-state index is 12.4. The number of aromatic nitrogens is 5. The van der Waals surface area contributed by atoms with Gasteiger partial charge in [0, 0.05) is 12.4 Å². The molecule has 0 bridgehead atoms. The summed E-state index contributed by atoms with van der Waals surface area (Å²) in [5, 5.41) is 9.44. The Balaban J connectivity index is 1.85. The van der Waals surface area contributed by atoms with Crippen molar-refractivity contribution in [3.8, 4) is 0 Å². The number of fused-ring (bicyclic) bond motifs is 1. The number of pyridine rings is 1. The average molecular weight is 283 g/mol. The third kappa shape index (κ3) is 2.17. The normalized spacial score (nSPS) is 12.2. The second-order valence-corrected chi connectivity index (χ2v) is 4.22. The molecule has 0 fully saturated rings. The summed E-state index contributed by atoms with van der Waals surface area (Å²) >= 11 is 0. The zero-order valence-corrected chi connectivity index (χ0v) is 9.90. The number of nitrogens with zero attached hydrogens (tertiary/aromatic N) is 3. The lowest BCUT2D eigenvalue weighted by Gasteiger charge is -2.06. The number of H-pyrrole nitrogens is 2. The van der Waals surface area contributed by atoms with Crippen LogP contribution in [0.4, 0.5) is 13.2 Å². The van der Waals surface area contributed by atoms with Gasteiger partial charge in [0.15, 0.2) is 5.65 Å². The van der Waals surface area contributed by atoms with E-state index in [0.29, 0.717) is 16.6 Å². The van der Waals surface area contributed by atoms with E-state index in [1.54, 1.807) is 0 Å². The molecular weight excluding hydrogens is 275 g/mol. The van der Waals surface area contributed by atoms with E-state index in [-0.39, 0.29) is 12.1 Å². The van der Waals surface area contributed by atoms with Crippen LogP contribution >= 0.6 is 0 Å². The number of nitrogens with one attached hydrogen (secondary N) is 2. The van der Waals surface area contributed by atoms with Crippen LogP contribution in [0.15, 0.2) is 29.3 Å². The third-order valence-electron chi connectivity index (χ3n) is 2.76. The number of rotatable bonds is 2. The standard InChI is InChI=1S/C11H8F3N5O/c12-11(13,14)8-2-1-6(3-15-8)4-19-5-7-9(18-19)16-17-10(7)20/h1-3,5H,4H2,(H,16,18)(H,17,20). The van der Waals surface area contributed by atoms with Crippen molar-refractivity contribution < 1.29 is 13.2 Å². The van der Waals surface area contributed by atoms with Gasteiger partial charge < -0.3 is 0 Å². The van der Waals surface area contributed by atoms with Crippen LogP contribution in [-0.4, -0.2) is 25.0 Å². The van der Waals surface area contributed by atoms with Crippen LogP contribution in [0.5, 0.6) is 0 Å². The molecule has 0 radical (unpaired) electrons. The van der Waals surface area contributed by atoms with E-state index in [0.717, 1.165) is 12.3 Å². The van der Waals surface area contributed by atoms with E-state index in [1.807, 2.05) is 0 Å². The lowest BCUT2D eigenvalue weighted by atomic mass is 10.2. The Morgan fingerprint density at radius 3 is 2.65 bits per heavy atom. The molecule has 0 aliphatic heterocycles. The largest absolute Gasteiger partial charge is 0.433 e. The molecule has 3 rings (SSSR count). The first-order valence-electron chi connectivity index (χ1n) is 5.59. The van der Waals surface area contributed by atoms with Crippen molar-refractivity contribution in [3.05, 3.63) is 46.1 Å². The van der Waals surface area contributed by atoms with E-state index in [4.69, 9.17) is 0 Å². The molecule has 0 spiro atoms. The third-order valence-corrected chi connectivity index (χ3v) is 2.76. The van der Waals surface area contributed by atoms with Crippen LogP contribution in [0.25, 0.3) is 11.0 Å². The van der Waals surface area contributed by atoms with Gasteiger partial charge in [-0.1, -0.05) is 6.07 Å². The molecule has 0 atom stereocenters. The topological polar surface area (TPSA) is 79.4 Å². The highest BCUT2D eigenvalue weighted by atomic mass is 19.4.